The molecule has 1 aliphatic heterocycles. The fraction of sp³-hybridized carbons (Fsp3) is 0.650. The van der Waals surface area contributed by atoms with Crippen molar-refractivity contribution in [3.8, 4) is 0 Å². The highest BCUT2D eigenvalue weighted by Crippen LogP contribution is 2.20. The number of benzene rings is 1. The summed E-state index contributed by atoms with van der Waals surface area (Å²) >= 11 is 0. The van der Waals surface area contributed by atoms with Crippen LogP contribution in [0.25, 0.3) is 0 Å². The fourth-order valence-electron chi connectivity index (χ4n) is 3.17. The molecule has 1 aromatic rings. The number of Topliss-reactive ketones (excluding diaryl/α,β-unsaturated/α-hetero) is 1. The zero-order valence-corrected chi connectivity index (χ0v) is 14.2. The molecular formula is C20H31NO. The molecule has 0 spiro atoms. The second-order valence-corrected chi connectivity index (χ2v) is 6.56. The minimum absolute atomic E-state index is 0.409. The number of nitrogens with zero attached hydrogens (tertiary/aromatic N) is 1. The van der Waals surface area contributed by atoms with Crippen molar-refractivity contribution in [2.24, 2.45) is 0 Å². The molecule has 1 saturated heterocycles. The third-order valence-electron chi connectivity index (χ3n) is 4.69. The molecule has 122 valence electrons. The van der Waals surface area contributed by atoms with Gasteiger partial charge in [-0.05, 0) is 30.5 Å². The summed E-state index contributed by atoms with van der Waals surface area (Å²) < 4.78 is 0. The molecule has 22 heavy (non-hydrogen) atoms. The van der Waals surface area contributed by atoms with Crippen molar-refractivity contribution < 1.29 is 4.79 Å². The number of aryl methyl sites for hydroxylation is 1. The molecule has 0 atom stereocenters. The van der Waals surface area contributed by atoms with Crippen molar-refractivity contribution in [2.45, 2.75) is 71.1 Å². The standard InChI is InChI=1S/C20H31NO/c1-2-3-4-5-6-7-8-9-18-10-12-19(13-11-18)21-16-14-20(22)15-17-21/h10-13H,2-9,14-17H2,1H3. The molecule has 0 radical (unpaired) electrons. The number of piperidine rings is 1. The van der Waals surface area contributed by atoms with E-state index in [1.807, 2.05) is 0 Å². The normalized spacial score (nSPS) is 15.3. The summed E-state index contributed by atoms with van der Waals surface area (Å²) in [7, 11) is 0. The Morgan fingerprint density at radius 2 is 1.45 bits per heavy atom. The van der Waals surface area contributed by atoms with Gasteiger partial charge in [0.1, 0.15) is 5.78 Å². The van der Waals surface area contributed by atoms with Gasteiger partial charge < -0.3 is 4.90 Å². The molecule has 0 aliphatic carbocycles. The van der Waals surface area contributed by atoms with Gasteiger partial charge in [-0.1, -0.05) is 57.6 Å². The van der Waals surface area contributed by atoms with E-state index in [4.69, 9.17) is 0 Å². The number of hydrogen-bond donors (Lipinski definition) is 0. The van der Waals surface area contributed by atoms with E-state index in [0.29, 0.717) is 18.6 Å². The second-order valence-electron chi connectivity index (χ2n) is 6.56. The third-order valence-corrected chi connectivity index (χ3v) is 4.69. The van der Waals surface area contributed by atoms with E-state index in [1.165, 1.54) is 62.6 Å². The van der Waals surface area contributed by atoms with Crippen LogP contribution in [0.2, 0.25) is 0 Å². The van der Waals surface area contributed by atoms with E-state index in [-0.39, 0.29) is 0 Å². The zero-order valence-electron chi connectivity index (χ0n) is 14.2. The summed E-state index contributed by atoms with van der Waals surface area (Å²) in [5, 5.41) is 0. The topological polar surface area (TPSA) is 20.3 Å². The maximum atomic E-state index is 11.3. The van der Waals surface area contributed by atoms with Crippen LogP contribution in [-0.2, 0) is 11.2 Å². The maximum absolute atomic E-state index is 11.3. The smallest absolute Gasteiger partial charge is 0.136 e. The van der Waals surface area contributed by atoms with E-state index >= 15 is 0 Å². The van der Waals surface area contributed by atoms with Crippen LogP contribution in [0.4, 0.5) is 5.69 Å². The molecule has 1 fully saturated rings. The lowest BCUT2D eigenvalue weighted by Crippen LogP contribution is -2.33. The van der Waals surface area contributed by atoms with Crippen molar-refractivity contribution in [3.63, 3.8) is 0 Å². The Bertz CT molecular complexity index is 428. The number of anilines is 1. The van der Waals surface area contributed by atoms with E-state index in [1.54, 1.807) is 0 Å². The molecule has 1 aromatic carbocycles. The first kappa shape index (κ1) is 17.1. The summed E-state index contributed by atoms with van der Waals surface area (Å²) in [4.78, 5) is 13.6. The average molecular weight is 301 g/mol. The van der Waals surface area contributed by atoms with Crippen LogP contribution in [0.15, 0.2) is 24.3 Å². The minimum atomic E-state index is 0.409. The van der Waals surface area contributed by atoms with Crippen molar-refractivity contribution in [1.29, 1.82) is 0 Å². The van der Waals surface area contributed by atoms with Gasteiger partial charge in [-0.3, -0.25) is 4.79 Å². The first-order valence-corrected chi connectivity index (χ1v) is 9.15. The number of rotatable bonds is 9. The van der Waals surface area contributed by atoms with Gasteiger partial charge in [0.05, 0.1) is 0 Å². The van der Waals surface area contributed by atoms with Gasteiger partial charge in [0, 0.05) is 31.6 Å². The Balaban J connectivity index is 1.65. The summed E-state index contributed by atoms with van der Waals surface area (Å²) in [6, 6.07) is 8.99. The van der Waals surface area contributed by atoms with Gasteiger partial charge in [-0.2, -0.15) is 0 Å². The zero-order chi connectivity index (χ0) is 15.6. The Morgan fingerprint density at radius 1 is 0.864 bits per heavy atom. The van der Waals surface area contributed by atoms with Gasteiger partial charge >= 0.3 is 0 Å². The van der Waals surface area contributed by atoms with Crippen LogP contribution < -0.4 is 4.90 Å². The highest BCUT2D eigenvalue weighted by atomic mass is 16.1. The quantitative estimate of drug-likeness (QED) is 0.588. The highest BCUT2D eigenvalue weighted by molar-refractivity contribution is 5.81. The van der Waals surface area contributed by atoms with Gasteiger partial charge in [0.15, 0.2) is 0 Å². The molecule has 2 nitrogen and oxygen atoms in total. The molecule has 1 aliphatic rings. The molecule has 0 amide bonds. The van der Waals surface area contributed by atoms with E-state index in [9.17, 15) is 4.79 Å². The Morgan fingerprint density at radius 3 is 2.09 bits per heavy atom. The van der Waals surface area contributed by atoms with Crippen LogP contribution in [0.3, 0.4) is 0 Å². The van der Waals surface area contributed by atoms with Crippen molar-refractivity contribution in [2.75, 3.05) is 18.0 Å². The van der Waals surface area contributed by atoms with Crippen LogP contribution in [0, 0.1) is 0 Å². The SMILES string of the molecule is CCCCCCCCCc1ccc(N2CCC(=O)CC2)cc1. The number of carbonyl (C=O) groups is 1. The highest BCUT2D eigenvalue weighted by Gasteiger charge is 2.16. The molecule has 0 N–H and O–H groups in total. The van der Waals surface area contributed by atoms with Crippen LogP contribution in [-0.4, -0.2) is 18.9 Å². The molecule has 0 aromatic heterocycles. The van der Waals surface area contributed by atoms with Crippen LogP contribution in [0.5, 0.6) is 0 Å². The first-order chi connectivity index (χ1) is 10.8. The van der Waals surface area contributed by atoms with E-state index < -0.39 is 0 Å². The number of carbonyl (C=O) groups excluding carboxylic acids is 1. The van der Waals surface area contributed by atoms with Crippen LogP contribution >= 0.6 is 0 Å². The number of unbranched alkanes of at least 4 members (excludes halogenated alkanes) is 6. The lowest BCUT2D eigenvalue weighted by Gasteiger charge is -2.28. The van der Waals surface area contributed by atoms with E-state index in [2.05, 4.69) is 36.1 Å². The molecule has 2 heteroatoms. The molecule has 2 rings (SSSR count). The molecular weight excluding hydrogens is 270 g/mol. The number of ketones is 1. The first-order valence-electron chi connectivity index (χ1n) is 9.15. The number of hydrogen-bond acceptors (Lipinski definition) is 2. The summed E-state index contributed by atoms with van der Waals surface area (Å²) in [5.41, 5.74) is 2.72. The minimum Gasteiger partial charge on any atom is -0.371 e. The van der Waals surface area contributed by atoms with Crippen molar-refractivity contribution >= 4 is 11.5 Å². The van der Waals surface area contributed by atoms with E-state index in [0.717, 1.165) is 13.1 Å². The van der Waals surface area contributed by atoms with Gasteiger partial charge in [-0.25, -0.2) is 0 Å². The molecule has 0 saturated carbocycles. The Kier molecular flexibility index (Phi) is 7.48. The predicted molar refractivity (Wildman–Crippen MR) is 94.6 cm³/mol. The van der Waals surface area contributed by atoms with Crippen molar-refractivity contribution in [3.05, 3.63) is 29.8 Å². The monoisotopic (exact) mass is 301 g/mol. The fourth-order valence-corrected chi connectivity index (χ4v) is 3.17. The molecule has 1 heterocycles. The van der Waals surface area contributed by atoms with Gasteiger partial charge in [0.25, 0.3) is 0 Å². The lowest BCUT2D eigenvalue weighted by atomic mass is 10.0. The summed E-state index contributed by atoms with van der Waals surface area (Å²) in [6.07, 6.45) is 12.2. The Labute approximate surface area is 135 Å². The largest absolute Gasteiger partial charge is 0.371 e. The van der Waals surface area contributed by atoms with Gasteiger partial charge in [0.2, 0.25) is 0 Å². The molecule has 0 bridgehead atoms. The van der Waals surface area contributed by atoms with Crippen molar-refractivity contribution in [1.82, 2.24) is 0 Å². The molecule has 0 unspecified atom stereocenters. The Hall–Kier alpha value is -1.31. The third kappa shape index (κ3) is 5.82. The van der Waals surface area contributed by atoms with Gasteiger partial charge in [-0.15, -0.1) is 0 Å². The summed E-state index contributed by atoms with van der Waals surface area (Å²) in [5.74, 6) is 0.409. The lowest BCUT2D eigenvalue weighted by molar-refractivity contribution is -0.119. The average Bonchev–Trinajstić information content (AvgIpc) is 2.55. The summed E-state index contributed by atoms with van der Waals surface area (Å²) in [6.45, 7) is 4.04. The van der Waals surface area contributed by atoms with Crippen LogP contribution in [0.1, 0.15) is 70.3 Å². The maximum Gasteiger partial charge on any atom is 0.136 e. The second kappa shape index (κ2) is 9.66. The predicted octanol–water partition coefficient (Wildman–Crippen LogP) is 5.15.